The second kappa shape index (κ2) is 5.02. The Balaban J connectivity index is 1.71. The molecule has 0 bridgehead atoms. The zero-order valence-corrected chi connectivity index (χ0v) is 10.5. The molecular formula is C15H15N3O. The molecule has 3 rings (SSSR count). The SMILES string of the molecule is Nc1cc(CCOc2cccc3ccccc23)[nH]n1. The van der Waals surface area contributed by atoms with E-state index >= 15 is 0 Å². The van der Waals surface area contributed by atoms with Crippen LogP contribution in [0.25, 0.3) is 10.8 Å². The number of aromatic nitrogens is 2. The highest BCUT2D eigenvalue weighted by Gasteiger charge is 2.02. The number of aromatic amines is 1. The number of ether oxygens (including phenoxy) is 1. The summed E-state index contributed by atoms with van der Waals surface area (Å²) in [7, 11) is 0. The van der Waals surface area contributed by atoms with Crippen molar-refractivity contribution in [2.24, 2.45) is 0 Å². The van der Waals surface area contributed by atoms with E-state index in [4.69, 9.17) is 10.5 Å². The summed E-state index contributed by atoms with van der Waals surface area (Å²) in [5, 5.41) is 9.08. The molecule has 2 aromatic carbocycles. The van der Waals surface area contributed by atoms with Gasteiger partial charge in [-0.2, -0.15) is 5.10 Å². The fourth-order valence-corrected chi connectivity index (χ4v) is 2.10. The number of nitrogens with one attached hydrogen (secondary N) is 1. The third kappa shape index (κ3) is 2.52. The molecule has 19 heavy (non-hydrogen) atoms. The first-order valence-corrected chi connectivity index (χ1v) is 6.23. The third-order valence-electron chi connectivity index (χ3n) is 3.03. The molecule has 4 heteroatoms. The molecule has 0 spiro atoms. The van der Waals surface area contributed by atoms with Crippen LogP contribution in [0.1, 0.15) is 5.69 Å². The average Bonchev–Trinajstić information content (AvgIpc) is 2.85. The van der Waals surface area contributed by atoms with Crippen LogP contribution >= 0.6 is 0 Å². The maximum Gasteiger partial charge on any atom is 0.145 e. The smallest absolute Gasteiger partial charge is 0.145 e. The lowest BCUT2D eigenvalue weighted by molar-refractivity contribution is 0.324. The Morgan fingerprint density at radius 1 is 1.11 bits per heavy atom. The Labute approximate surface area is 111 Å². The first-order valence-electron chi connectivity index (χ1n) is 6.23. The van der Waals surface area contributed by atoms with Gasteiger partial charge in [-0.15, -0.1) is 0 Å². The number of rotatable bonds is 4. The molecule has 0 aliphatic carbocycles. The third-order valence-corrected chi connectivity index (χ3v) is 3.03. The lowest BCUT2D eigenvalue weighted by Gasteiger charge is -2.08. The fourth-order valence-electron chi connectivity index (χ4n) is 2.10. The Hall–Kier alpha value is -2.49. The molecule has 0 aliphatic rings. The molecule has 0 radical (unpaired) electrons. The van der Waals surface area contributed by atoms with Crippen molar-refractivity contribution in [3.05, 3.63) is 54.2 Å². The van der Waals surface area contributed by atoms with E-state index in [1.807, 2.05) is 30.3 Å². The van der Waals surface area contributed by atoms with Crippen molar-refractivity contribution in [2.75, 3.05) is 12.3 Å². The van der Waals surface area contributed by atoms with E-state index in [1.54, 1.807) is 0 Å². The van der Waals surface area contributed by atoms with Gasteiger partial charge in [0.05, 0.1) is 6.61 Å². The van der Waals surface area contributed by atoms with Gasteiger partial charge >= 0.3 is 0 Å². The minimum absolute atomic E-state index is 0.514. The molecule has 96 valence electrons. The topological polar surface area (TPSA) is 63.9 Å². The van der Waals surface area contributed by atoms with Crippen molar-refractivity contribution in [3.63, 3.8) is 0 Å². The van der Waals surface area contributed by atoms with Crippen LogP contribution in [-0.2, 0) is 6.42 Å². The second-order valence-electron chi connectivity index (χ2n) is 4.39. The molecule has 3 N–H and O–H groups in total. The van der Waals surface area contributed by atoms with Crippen LogP contribution in [0.4, 0.5) is 5.82 Å². The fraction of sp³-hybridized carbons (Fsp3) is 0.133. The summed E-state index contributed by atoms with van der Waals surface area (Å²) in [5.74, 6) is 1.42. The maximum absolute atomic E-state index is 5.84. The monoisotopic (exact) mass is 253 g/mol. The van der Waals surface area contributed by atoms with Gasteiger partial charge in [0.1, 0.15) is 11.6 Å². The molecule has 0 aliphatic heterocycles. The van der Waals surface area contributed by atoms with Crippen molar-refractivity contribution in [1.29, 1.82) is 0 Å². The lowest BCUT2D eigenvalue weighted by atomic mass is 10.1. The Morgan fingerprint density at radius 3 is 2.79 bits per heavy atom. The molecule has 0 atom stereocenters. The number of benzene rings is 2. The molecule has 1 aromatic heterocycles. The van der Waals surface area contributed by atoms with Gasteiger partial charge in [-0.1, -0.05) is 36.4 Å². The summed E-state index contributed by atoms with van der Waals surface area (Å²) in [4.78, 5) is 0. The van der Waals surface area contributed by atoms with Crippen molar-refractivity contribution >= 4 is 16.6 Å². The van der Waals surface area contributed by atoms with Crippen molar-refractivity contribution in [3.8, 4) is 5.75 Å². The molecular weight excluding hydrogens is 238 g/mol. The normalized spacial score (nSPS) is 10.7. The predicted octanol–water partition coefficient (Wildman–Crippen LogP) is 2.77. The van der Waals surface area contributed by atoms with Gasteiger partial charge < -0.3 is 10.5 Å². The molecule has 0 fully saturated rings. The van der Waals surface area contributed by atoms with Gasteiger partial charge in [-0.3, -0.25) is 5.10 Å². The highest BCUT2D eigenvalue weighted by atomic mass is 16.5. The van der Waals surface area contributed by atoms with Crippen LogP contribution in [0.5, 0.6) is 5.75 Å². The highest BCUT2D eigenvalue weighted by Crippen LogP contribution is 2.25. The highest BCUT2D eigenvalue weighted by molar-refractivity contribution is 5.88. The molecule has 0 unspecified atom stereocenters. The zero-order chi connectivity index (χ0) is 13.1. The maximum atomic E-state index is 5.84. The number of hydrogen-bond donors (Lipinski definition) is 2. The Kier molecular flexibility index (Phi) is 3.06. The molecule has 0 amide bonds. The number of nitrogen functional groups attached to an aromatic ring is 1. The molecule has 4 nitrogen and oxygen atoms in total. The Bertz CT molecular complexity index is 685. The van der Waals surface area contributed by atoms with Gasteiger partial charge in [0.15, 0.2) is 0 Å². The van der Waals surface area contributed by atoms with Crippen LogP contribution < -0.4 is 10.5 Å². The van der Waals surface area contributed by atoms with E-state index in [-0.39, 0.29) is 0 Å². The van der Waals surface area contributed by atoms with Gasteiger partial charge in [0.2, 0.25) is 0 Å². The van der Waals surface area contributed by atoms with Crippen molar-refractivity contribution < 1.29 is 4.74 Å². The minimum Gasteiger partial charge on any atom is -0.493 e. The number of H-pyrrole nitrogens is 1. The van der Waals surface area contributed by atoms with E-state index < -0.39 is 0 Å². The lowest BCUT2D eigenvalue weighted by Crippen LogP contribution is -2.02. The van der Waals surface area contributed by atoms with E-state index in [0.717, 1.165) is 23.3 Å². The number of nitrogens with two attached hydrogens (primary N) is 1. The second-order valence-corrected chi connectivity index (χ2v) is 4.39. The zero-order valence-electron chi connectivity index (χ0n) is 10.5. The van der Waals surface area contributed by atoms with Gasteiger partial charge in [-0.05, 0) is 11.5 Å². The van der Waals surface area contributed by atoms with Gasteiger partial charge in [0, 0.05) is 23.6 Å². The van der Waals surface area contributed by atoms with Crippen LogP contribution in [-0.4, -0.2) is 16.8 Å². The van der Waals surface area contributed by atoms with Crippen LogP contribution in [0.3, 0.4) is 0 Å². The quantitative estimate of drug-likeness (QED) is 0.751. The summed E-state index contributed by atoms with van der Waals surface area (Å²) in [6, 6.07) is 16.1. The molecule has 0 saturated carbocycles. The number of anilines is 1. The first-order chi connectivity index (χ1) is 9.33. The summed E-state index contributed by atoms with van der Waals surface area (Å²) < 4.78 is 5.84. The van der Waals surface area contributed by atoms with E-state index in [2.05, 4.69) is 28.4 Å². The van der Waals surface area contributed by atoms with E-state index in [1.165, 1.54) is 5.39 Å². The van der Waals surface area contributed by atoms with Crippen molar-refractivity contribution in [2.45, 2.75) is 6.42 Å². The van der Waals surface area contributed by atoms with Crippen LogP contribution in [0.15, 0.2) is 48.5 Å². The first kappa shape index (κ1) is 11.6. The molecule has 1 heterocycles. The standard InChI is InChI=1S/C15H15N3O/c16-15-10-12(17-18-15)8-9-19-14-7-3-5-11-4-1-2-6-13(11)14/h1-7,10H,8-9H2,(H3,16,17,18). The van der Waals surface area contributed by atoms with E-state index in [0.29, 0.717) is 12.4 Å². The number of fused-ring (bicyclic) bond motifs is 1. The number of hydrogen-bond acceptors (Lipinski definition) is 3. The largest absolute Gasteiger partial charge is 0.493 e. The van der Waals surface area contributed by atoms with Gasteiger partial charge in [0.25, 0.3) is 0 Å². The molecule has 3 aromatic rings. The average molecular weight is 253 g/mol. The summed E-state index contributed by atoms with van der Waals surface area (Å²) in [5.41, 5.74) is 6.54. The minimum atomic E-state index is 0.514. The number of nitrogens with zero attached hydrogens (tertiary/aromatic N) is 1. The van der Waals surface area contributed by atoms with Crippen molar-refractivity contribution in [1.82, 2.24) is 10.2 Å². The predicted molar refractivity (Wildman–Crippen MR) is 76.1 cm³/mol. The summed E-state index contributed by atoms with van der Waals surface area (Å²) >= 11 is 0. The van der Waals surface area contributed by atoms with E-state index in [9.17, 15) is 0 Å². The van der Waals surface area contributed by atoms with Crippen LogP contribution in [0.2, 0.25) is 0 Å². The summed E-state index contributed by atoms with van der Waals surface area (Å²) in [6.07, 6.45) is 0.757. The van der Waals surface area contributed by atoms with Crippen LogP contribution in [0, 0.1) is 0 Å². The molecule has 0 saturated heterocycles. The summed E-state index contributed by atoms with van der Waals surface area (Å²) in [6.45, 7) is 0.593. The van der Waals surface area contributed by atoms with Gasteiger partial charge in [-0.25, -0.2) is 0 Å². The Morgan fingerprint density at radius 2 is 1.95 bits per heavy atom.